The average Bonchev–Trinajstić information content (AvgIpc) is 3.55. The molecule has 0 unspecified atom stereocenters. The summed E-state index contributed by atoms with van der Waals surface area (Å²) in [5, 5.41) is 7.82. The molecule has 0 atom stereocenters. The first-order chi connectivity index (χ1) is 17.7. The Morgan fingerprint density at radius 2 is 1.92 bits per heavy atom. The van der Waals surface area contributed by atoms with Crippen LogP contribution >= 0.6 is 0 Å². The zero-order valence-electron chi connectivity index (χ0n) is 20.2. The van der Waals surface area contributed by atoms with Crippen LogP contribution in [0.1, 0.15) is 17.1 Å². The summed E-state index contributed by atoms with van der Waals surface area (Å²) >= 11 is 0. The number of imidazole rings is 1. The predicted octanol–water partition coefficient (Wildman–Crippen LogP) is 3.93. The SMILES string of the molecule is Cc1cccc(-c2[nH]c(CNc3cccc(CN4CCOCC4)c3)nc2-c2ccc3ncnn3c2)n1. The van der Waals surface area contributed by atoms with Crippen molar-refractivity contribution in [2.45, 2.75) is 20.0 Å². The molecular formula is C27H28N8O. The molecule has 0 bridgehead atoms. The molecule has 1 aliphatic heterocycles. The van der Waals surface area contributed by atoms with Crippen LogP contribution in [0.15, 0.2) is 67.1 Å². The van der Waals surface area contributed by atoms with Crippen LogP contribution in [0.25, 0.3) is 28.3 Å². The number of anilines is 1. The third-order valence-electron chi connectivity index (χ3n) is 6.34. The normalized spacial score (nSPS) is 14.4. The molecule has 1 aromatic carbocycles. The standard InChI is InChI=1S/C27H28N8O/c1-19-4-2-7-23(31-19)27-26(21-8-9-25-29-18-30-35(25)17-21)32-24(33-27)15-28-22-6-3-5-20(14-22)16-34-10-12-36-13-11-34/h2-9,14,17-18,28H,10-13,15-16H2,1H3,(H,32,33). The fourth-order valence-electron chi connectivity index (χ4n) is 4.52. The number of nitrogens with zero attached hydrogens (tertiary/aromatic N) is 6. The van der Waals surface area contributed by atoms with Crippen molar-refractivity contribution in [2.24, 2.45) is 0 Å². The smallest absolute Gasteiger partial charge is 0.155 e. The quantitative estimate of drug-likeness (QED) is 0.364. The molecule has 5 aromatic rings. The van der Waals surface area contributed by atoms with E-state index in [1.165, 1.54) is 5.56 Å². The number of pyridine rings is 2. The van der Waals surface area contributed by atoms with Gasteiger partial charge in [0.15, 0.2) is 5.65 Å². The number of aryl methyl sites for hydroxylation is 1. The molecule has 1 fully saturated rings. The van der Waals surface area contributed by atoms with Crippen molar-refractivity contribution in [3.63, 3.8) is 0 Å². The zero-order valence-corrected chi connectivity index (χ0v) is 20.2. The van der Waals surface area contributed by atoms with Crippen LogP contribution in [-0.2, 0) is 17.8 Å². The first-order valence-electron chi connectivity index (χ1n) is 12.2. The van der Waals surface area contributed by atoms with Gasteiger partial charge in [-0.25, -0.2) is 14.5 Å². The molecule has 4 aromatic heterocycles. The molecule has 36 heavy (non-hydrogen) atoms. The summed E-state index contributed by atoms with van der Waals surface area (Å²) in [5.74, 6) is 0.834. The second-order valence-electron chi connectivity index (χ2n) is 8.99. The lowest BCUT2D eigenvalue weighted by Crippen LogP contribution is -2.35. The van der Waals surface area contributed by atoms with Crippen LogP contribution in [0.4, 0.5) is 5.69 Å². The number of aromatic amines is 1. The van der Waals surface area contributed by atoms with Crippen LogP contribution in [0.2, 0.25) is 0 Å². The van der Waals surface area contributed by atoms with Crippen molar-refractivity contribution in [1.29, 1.82) is 0 Å². The largest absolute Gasteiger partial charge is 0.379 e. The summed E-state index contributed by atoms with van der Waals surface area (Å²) < 4.78 is 7.23. The van der Waals surface area contributed by atoms with Gasteiger partial charge in [0.25, 0.3) is 0 Å². The molecule has 1 aliphatic rings. The summed E-state index contributed by atoms with van der Waals surface area (Å²) in [6.45, 7) is 7.05. The van der Waals surface area contributed by atoms with Gasteiger partial charge in [0.1, 0.15) is 12.2 Å². The molecule has 0 radical (unpaired) electrons. The van der Waals surface area contributed by atoms with Crippen LogP contribution < -0.4 is 5.32 Å². The monoisotopic (exact) mass is 480 g/mol. The molecule has 0 amide bonds. The number of hydrogen-bond acceptors (Lipinski definition) is 7. The predicted molar refractivity (Wildman–Crippen MR) is 138 cm³/mol. The van der Waals surface area contributed by atoms with Crippen molar-refractivity contribution in [1.82, 2.24) is 34.4 Å². The van der Waals surface area contributed by atoms with Crippen molar-refractivity contribution in [2.75, 3.05) is 31.6 Å². The number of ether oxygens (including phenoxy) is 1. The summed E-state index contributed by atoms with van der Waals surface area (Å²) in [7, 11) is 0. The fraction of sp³-hybridized carbons (Fsp3) is 0.259. The van der Waals surface area contributed by atoms with E-state index in [2.05, 4.69) is 49.5 Å². The maximum absolute atomic E-state index is 5.47. The average molecular weight is 481 g/mol. The van der Waals surface area contributed by atoms with E-state index in [0.29, 0.717) is 6.54 Å². The van der Waals surface area contributed by atoms with E-state index in [0.717, 1.165) is 78.3 Å². The molecule has 182 valence electrons. The molecule has 2 N–H and O–H groups in total. The summed E-state index contributed by atoms with van der Waals surface area (Å²) in [6.07, 6.45) is 3.50. The summed E-state index contributed by atoms with van der Waals surface area (Å²) in [5.41, 5.74) is 7.63. The van der Waals surface area contributed by atoms with Gasteiger partial charge in [-0.15, -0.1) is 0 Å². The van der Waals surface area contributed by atoms with Gasteiger partial charge in [-0.3, -0.25) is 9.88 Å². The highest BCUT2D eigenvalue weighted by Gasteiger charge is 2.17. The van der Waals surface area contributed by atoms with Crippen molar-refractivity contribution < 1.29 is 4.74 Å². The van der Waals surface area contributed by atoms with E-state index in [1.807, 2.05) is 43.5 Å². The minimum Gasteiger partial charge on any atom is -0.379 e. The van der Waals surface area contributed by atoms with E-state index in [4.69, 9.17) is 14.7 Å². The third-order valence-corrected chi connectivity index (χ3v) is 6.34. The minimum atomic E-state index is 0.561. The molecular weight excluding hydrogens is 452 g/mol. The Kier molecular flexibility index (Phi) is 6.15. The summed E-state index contributed by atoms with van der Waals surface area (Å²) in [6, 6.07) is 18.6. The van der Waals surface area contributed by atoms with E-state index in [9.17, 15) is 0 Å². The topological polar surface area (TPSA) is 96.3 Å². The molecule has 0 saturated carbocycles. The highest BCUT2D eigenvalue weighted by atomic mass is 16.5. The number of nitrogens with one attached hydrogen (secondary N) is 2. The molecule has 6 rings (SSSR count). The van der Waals surface area contributed by atoms with Gasteiger partial charge in [0, 0.05) is 42.8 Å². The maximum Gasteiger partial charge on any atom is 0.155 e. The lowest BCUT2D eigenvalue weighted by Gasteiger charge is -2.26. The number of aromatic nitrogens is 6. The Labute approximate surface area is 209 Å². The Bertz CT molecular complexity index is 1480. The molecule has 1 saturated heterocycles. The van der Waals surface area contributed by atoms with Crippen LogP contribution in [0.3, 0.4) is 0 Å². The lowest BCUT2D eigenvalue weighted by atomic mass is 10.1. The van der Waals surface area contributed by atoms with E-state index < -0.39 is 0 Å². The van der Waals surface area contributed by atoms with Gasteiger partial charge in [-0.1, -0.05) is 18.2 Å². The Morgan fingerprint density at radius 3 is 2.81 bits per heavy atom. The lowest BCUT2D eigenvalue weighted by molar-refractivity contribution is 0.0342. The van der Waals surface area contributed by atoms with Crippen LogP contribution in [0.5, 0.6) is 0 Å². The van der Waals surface area contributed by atoms with Gasteiger partial charge in [0.05, 0.1) is 36.8 Å². The number of morpholine rings is 1. The second kappa shape index (κ2) is 9.88. The zero-order chi connectivity index (χ0) is 24.3. The molecule has 9 nitrogen and oxygen atoms in total. The van der Waals surface area contributed by atoms with Gasteiger partial charge >= 0.3 is 0 Å². The highest BCUT2D eigenvalue weighted by molar-refractivity contribution is 5.77. The first-order valence-corrected chi connectivity index (χ1v) is 12.2. The van der Waals surface area contributed by atoms with Gasteiger partial charge in [-0.2, -0.15) is 5.10 Å². The number of fused-ring (bicyclic) bond motifs is 1. The van der Waals surface area contributed by atoms with Gasteiger partial charge in [0.2, 0.25) is 0 Å². The van der Waals surface area contributed by atoms with Gasteiger partial charge in [-0.05, 0) is 48.9 Å². The first kappa shape index (κ1) is 22.4. The van der Waals surface area contributed by atoms with E-state index in [-0.39, 0.29) is 0 Å². The molecule has 5 heterocycles. The Morgan fingerprint density at radius 1 is 1.03 bits per heavy atom. The number of rotatable bonds is 7. The van der Waals surface area contributed by atoms with Crippen molar-refractivity contribution in [3.05, 3.63) is 84.2 Å². The number of H-pyrrole nitrogens is 1. The molecule has 0 aliphatic carbocycles. The number of benzene rings is 1. The van der Waals surface area contributed by atoms with Gasteiger partial charge < -0.3 is 15.0 Å². The van der Waals surface area contributed by atoms with Crippen LogP contribution in [-0.4, -0.2) is 60.8 Å². The minimum absolute atomic E-state index is 0.561. The van der Waals surface area contributed by atoms with Crippen molar-refractivity contribution >= 4 is 11.3 Å². The molecule has 9 heteroatoms. The van der Waals surface area contributed by atoms with Crippen molar-refractivity contribution in [3.8, 4) is 22.6 Å². The highest BCUT2D eigenvalue weighted by Crippen LogP contribution is 2.29. The second-order valence-corrected chi connectivity index (χ2v) is 8.99. The van der Waals surface area contributed by atoms with E-state index >= 15 is 0 Å². The number of hydrogen-bond donors (Lipinski definition) is 2. The Balaban J connectivity index is 1.26. The summed E-state index contributed by atoms with van der Waals surface area (Å²) in [4.78, 5) is 19.9. The maximum atomic E-state index is 5.47. The van der Waals surface area contributed by atoms with Crippen LogP contribution in [0, 0.1) is 6.92 Å². The Hall–Kier alpha value is -4.08. The fourth-order valence-corrected chi connectivity index (χ4v) is 4.52. The third kappa shape index (κ3) is 4.84. The van der Waals surface area contributed by atoms with E-state index in [1.54, 1.807) is 10.8 Å². The molecule has 0 spiro atoms.